The van der Waals surface area contributed by atoms with Gasteiger partial charge in [0.2, 0.25) is 0 Å². The van der Waals surface area contributed by atoms with E-state index in [4.69, 9.17) is 14.6 Å². The van der Waals surface area contributed by atoms with Crippen molar-refractivity contribution in [3.05, 3.63) is 0 Å². The number of aliphatic hydroxyl groups excluding tert-OH is 1. The molecule has 5 nitrogen and oxygen atoms in total. The summed E-state index contributed by atoms with van der Waals surface area (Å²) in [6.45, 7) is 4.37. The highest BCUT2D eigenvalue weighted by atomic mass is 16.5. The van der Waals surface area contributed by atoms with Gasteiger partial charge in [0.1, 0.15) is 0 Å². The van der Waals surface area contributed by atoms with Crippen molar-refractivity contribution in [2.75, 3.05) is 33.0 Å². The second-order valence-electron chi connectivity index (χ2n) is 4.96. The Morgan fingerprint density at radius 1 is 1.37 bits per heavy atom. The van der Waals surface area contributed by atoms with Crippen molar-refractivity contribution in [3.63, 3.8) is 0 Å². The molecule has 5 heteroatoms. The SMILES string of the molecule is CCOC(=O)C1CCCC(NCCCOCCO)C1. The summed E-state index contributed by atoms with van der Waals surface area (Å²) in [6, 6.07) is 0.418. The van der Waals surface area contributed by atoms with Crippen LogP contribution in [0.4, 0.5) is 0 Å². The van der Waals surface area contributed by atoms with E-state index in [-0.39, 0.29) is 18.5 Å². The van der Waals surface area contributed by atoms with Crippen LogP contribution in [0.2, 0.25) is 0 Å². The summed E-state index contributed by atoms with van der Waals surface area (Å²) in [7, 11) is 0. The molecule has 2 unspecified atom stereocenters. The topological polar surface area (TPSA) is 67.8 Å². The van der Waals surface area contributed by atoms with Crippen LogP contribution >= 0.6 is 0 Å². The predicted molar refractivity (Wildman–Crippen MR) is 72.9 cm³/mol. The molecule has 0 bridgehead atoms. The number of esters is 1. The molecule has 1 aliphatic rings. The van der Waals surface area contributed by atoms with E-state index >= 15 is 0 Å². The van der Waals surface area contributed by atoms with Gasteiger partial charge in [-0.05, 0) is 39.2 Å². The predicted octanol–water partition coefficient (Wildman–Crippen LogP) is 1.10. The maximum Gasteiger partial charge on any atom is 0.308 e. The fourth-order valence-electron chi connectivity index (χ4n) is 2.50. The Labute approximate surface area is 115 Å². The minimum absolute atomic E-state index is 0.0414. The Morgan fingerprint density at radius 2 is 2.21 bits per heavy atom. The van der Waals surface area contributed by atoms with Gasteiger partial charge >= 0.3 is 5.97 Å². The third kappa shape index (κ3) is 6.89. The Morgan fingerprint density at radius 3 is 2.95 bits per heavy atom. The van der Waals surface area contributed by atoms with Gasteiger partial charge in [-0.15, -0.1) is 0 Å². The average Bonchev–Trinajstić information content (AvgIpc) is 2.43. The molecule has 0 aromatic rings. The molecule has 0 amide bonds. The first-order chi connectivity index (χ1) is 9.27. The molecule has 0 aromatic heterocycles. The molecule has 2 N–H and O–H groups in total. The Hall–Kier alpha value is -0.650. The van der Waals surface area contributed by atoms with Crippen LogP contribution in [0.5, 0.6) is 0 Å². The van der Waals surface area contributed by atoms with E-state index in [2.05, 4.69) is 5.32 Å². The van der Waals surface area contributed by atoms with E-state index < -0.39 is 0 Å². The third-order valence-corrected chi connectivity index (χ3v) is 3.43. The molecular weight excluding hydrogens is 246 g/mol. The van der Waals surface area contributed by atoms with Crippen molar-refractivity contribution in [2.24, 2.45) is 5.92 Å². The first kappa shape index (κ1) is 16.4. The van der Waals surface area contributed by atoms with Gasteiger partial charge in [-0.2, -0.15) is 0 Å². The summed E-state index contributed by atoms with van der Waals surface area (Å²) in [5.41, 5.74) is 0. The van der Waals surface area contributed by atoms with Gasteiger partial charge in [-0.1, -0.05) is 6.42 Å². The van der Waals surface area contributed by atoms with Crippen LogP contribution < -0.4 is 5.32 Å². The van der Waals surface area contributed by atoms with Gasteiger partial charge in [0, 0.05) is 12.6 Å². The molecule has 1 fully saturated rings. The maximum absolute atomic E-state index is 11.7. The van der Waals surface area contributed by atoms with Gasteiger partial charge < -0.3 is 19.9 Å². The second-order valence-corrected chi connectivity index (χ2v) is 4.96. The summed E-state index contributed by atoms with van der Waals surface area (Å²) in [6.07, 6.45) is 4.99. The summed E-state index contributed by atoms with van der Waals surface area (Å²) < 4.78 is 10.3. The summed E-state index contributed by atoms with van der Waals surface area (Å²) >= 11 is 0. The first-order valence-corrected chi connectivity index (χ1v) is 7.36. The van der Waals surface area contributed by atoms with Crippen LogP contribution in [0, 0.1) is 5.92 Å². The molecule has 0 aromatic carbocycles. The quantitative estimate of drug-likeness (QED) is 0.486. The summed E-state index contributed by atoms with van der Waals surface area (Å²) in [5, 5.41) is 12.0. The Balaban J connectivity index is 2.11. The molecule has 0 saturated heterocycles. The lowest BCUT2D eigenvalue weighted by Gasteiger charge is -2.28. The van der Waals surface area contributed by atoms with Crippen molar-refractivity contribution in [1.82, 2.24) is 5.32 Å². The van der Waals surface area contributed by atoms with Crippen molar-refractivity contribution < 1.29 is 19.4 Å². The average molecular weight is 273 g/mol. The van der Waals surface area contributed by atoms with Crippen molar-refractivity contribution in [1.29, 1.82) is 0 Å². The fraction of sp³-hybridized carbons (Fsp3) is 0.929. The number of carbonyl (C=O) groups is 1. The number of aliphatic hydroxyl groups is 1. The molecule has 0 radical (unpaired) electrons. The minimum Gasteiger partial charge on any atom is -0.466 e. The van der Waals surface area contributed by atoms with Gasteiger partial charge in [0.05, 0.1) is 25.7 Å². The van der Waals surface area contributed by atoms with Crippen molar-refractivity contribution >= 4 is 5.97 Å². The molecule has 0 spiro atoms. The Bertz CT molecular complexity index is 248. The number of carbonyl (C=O) groups excluding carboxylic acids is 1. The number of rotatable bonds is 9. The molecule has 0 heterocycles. The van der Waals surface area contributed by atoms with E-state index in [9.17, 15) is 4.79 Å². The number of nitrogens with one attached hydrogen (secondary N) is 1. The van der Waals surface area contributed by atoms with Gasteiger partial charge in [-0.3, -0.25) is 4.79 Å². The summed E-state index contributed by atoms with van der Waals surface area (Å²) in [5.74, 6) is 0.0251. The minimum atomic E-state index is -0.0414. The normalized spacial score (nSPS) is 23.3. The molecule has 112 valence electrons. The Kier molecular flexibility index (Phi) is 8.79. The van der Waals surface area contributed by atoms with Crippen LogP contribution in [0.3, 0.4) is 0 Å². The number of hydrogen-bond donors (Lipinski definition) is 2. The molecule has 19 heavy (non-hydrogen) atoms. The zero-order valence-electron chi connectivity index (χ0n) is 11.9. The highest BCUT2D eigenvalue weighted by Crippen LogP contribution is 2.25. The van der Waals surface area contributed by atoms with Gasteiger partial charge in [0.15, 0.2) is 0 Å². The lowest BCUT2D eigenvalue weighted by molar-refractivity contribution is -0.149. The maximum atomic E-state index is 11.7. The van der Waals surface area contributed by atoms with E-state index in [1.165, 1.54) is 0 Å². The standard InChI is InChI=1S/C14H27NO4/c1-2-19-14(17)12-5-3-6-13(11-12)15-7-4-9-18-10-8-16/h12-13,15-16H,2-11H2,1H3. The van der Waals surface area contributed by atoms with Gasteiger partial charge in [0.25, 0.3) is 0 Å². The highest BCUT2D eigenvalue weighted by Gasteiger charge is 2.27. The van der Waals surface area contributed by atoms with E-state index in [1.807, 2.05) is 6.92 Å². The molecule has 0 aliphatic heterocycles. The highest BCUT2D eigenvalue weighted by molar-refractivity contribution is 5.72. The molecule has 1 aliphatic carbocycles. The number of hydrogen-bond acceptors (Lipinski definition) is 5. The summed E-state index contributed by atoms with van der Waals surface area (Å²) in [4.78, 5) is 11.7. The number of ether oxygens (including phenoxy) is 2. The fourth-order valence-corrected chi connectivity index (χ4v) is 2.50. The molecule has 1 saturated carbocycles. The van der Waals surface area contributed by atoms with E-state index in [0.29, 0.717) is 25.9 Å². The monoisotopic (exact) mass is 273 g/mol. The van der Waals surface area contributed by atoms with E-state index in [0.717, 1.165) is 38.6 Å². The van der Waals surface area contributed by atoms with Crippen LogP contribution in [-0.4, -0.2) is 50.1 Å². The molecule has 1 rings (SSSR count). The lowest BCUT2D eigenvalue weighted by Crippen LogP contribution is -2.37. The van der Waals surface area contributed by atoms with Crippen LogP contribution in [0.1, 0.15) is 39.0 Å². The van der Waals surface area contributed by atoms with Crippen molar-refractivity contribution in [3.8, 4) is 0 Å². The molecular formula is C14H27NO4. The van der Waals surface area contributed by atoms with Crippen LogP contribution in [0.15, 0.2) is 0 Å². The second kappa shape index (κ2) is 10.2. The van der Waals surface area contributed by atoms with Crippen molar-refractivity contribution in [2.45, 2.75) is 45.1 Å². The smallest absolute Gasteiger partial charge is 0.308 e. The van der Waals surface area contributed by atoms with Crippen LogP contribution in [0.25, 0.3) is 0 Å². The zero-order chi connectivity index (χ0) is 13.9. The lowest BCUT2D eigenvalue weighted by atomic mass is 9.85. The van der Waals surface area contributed by atoms with E-state index in [1.54, 1.807) is 0 Å². The zero-order valence-corrected chi connectivity index (χ0v) is 11.9. The van der Waals surface area contributed by atoms with Gasteiger partial charge in [-0.25, -0.2) is 0 Å². The third-order valence-electron chi connectivity index (χ3n) is 3.43. The van der Waals surface area contributed by atoms with Crippen LogP contribution in [-0.2, 0) is 14.3 Å². The molecule has 2 atom stereocenters. The first-order valence-electron chi connectivity index (χ1n) is 7.36. The largest absolute Gasteiger partial charge is 0.466 e.